The van der Waals surface area contributed by atoms with Crippen molar-refractivity contribution in [3.05, 3.63) is 35.4 Å². The number of rotatable bonds is 5. The number of hydrogen-bond donors (Lipinski definition) is 1. The molecule has 1 saturated carbocycles. The maximum absolute atomic E-state index is 5.94. The topological polar surface area (TPSA) is 21.3 Å². The molecule has 18 heavy (non-hydrogen) atoms. The third kappa shape index (κ3) is 2.76. The van der Waals surface area contributed by atoms with E-state index in [-0.39, 0.29) is 0 Å². The Morgan fingerprint density at radius 2 is 1.94 bits per heavy atom. The molecular formula is C16H23NO. The minimum Gasteiger partial charge on any atom is -0.373 e. The van der Waals surface area contributed by atoms with Crippen molar-refractivity contribution in [2.24, 2.45) is 5.92 Å². The lowest BCUT2D eigenvalue weighted by atomic mass is 9.94. The van der Waals surface area contributed by atoms with Crippen molar-refractivity contribution in [2.75, 3.05) is 13.2 Å². The number of nitrogens with one attached hydrogen (secondary N) is 1. The van der Waals surface area contributed by atoms with E-state index in [9.17, 15) is 0 Å². The molecule has 2 heteroatoms. The van der Waals surface area contributed by atoms with Gasteiger partial charge in [-0.2, -0.15) is 0 Å². The molecule has 2 atom stereocenters. The van der Waals surface area contributed by atoms with Gasteiger partial charge >= 0.3 is 0 Å². The van der Waals surface area contributed by atoms with Crippen LogP contribution < -0.4 is 5.32 Å². The van der Waals surface area contributed by atoms with E-state index in [0.717, 1.165) is 25.6 Å². The summed E-state index contributed by atoms with van der Waals surface area (Å²) < 4.78 is 5.94. The molecule has 1 aromatic rings. The first kappa shape index (κ1) is 12.2. The van der Waals surface area contributed by atoms with Gasteiger partial charge in [0.05, 0.1) is 6.10 Å². The van der Waals surface area contributed by atoms with Gasteiger partial charge in [-0.15, -0.1) is 0 Å². The van der Waals surface area contributed by atoms with Gasteiger partial charge in [0.1, 0.15) is 0 Å². The van der Waals surface area contributed by atoms with Gasteiger partial charge in [-0.3, -0.25) is 0 Å². The molecule has 1 aromatic carbocycles. The highest BCUT2D eigenvalue weighted by molar-refractivity contribution is 5.25. The van der Waals surface area contributed by atoms with Crippen molar-refractivity contribution in [3.63, 3.8) is 0 Å². The third-order valence-electron chi connectivity index (χ3n) is 4.18. The average Bonchev–Trinajstić information content (AvgIpc) is 3.14. The fourth-order valence-corrected chi connectivity index (χ4v) is 2.76. The fourth-order valence-electron chi connectivity index (χ4n) is 2.76. The predicted octanol–water partition coefficient (Wildman–Crippen LogP) is 3.08. The van der Waals surface area contributed by atoms with Crippen LogP contribution in [0, 0.1) is 5.92 Å². The summed E-state index contributed by atoms with van der Waals surface area (Å²) in [6, 6.07) is 9.77. The van der Waals surface area contributed by atoms with Gasteiger partial charge in [-0.05, 0) is 36.8 Å². The summed E-state index contributed by atoms with van der Waals surface area (Å²) in [4.78, 5) is 0. The minimum absolute atomic E-state index is 0.308. The van der Waals surface area contributed by atoms with Gasteiger partial charge in [0.2, 0.25) is 0 Å². The fraction of sp³-hybridized carbons (Fsp3) is 0.625. The van der Waals surface area contributed by atoms with Crippen molar-refractivity contribution in [1.29, 1.82) is 0 Å². The zero-order valence-corrected chi connectivity index (χ0v) is 11.2. The van der Waals surface area contributed by atoms with Crippen LogP contribution in [-0.2, 0) is 11.2 Å². The van der Waals surface area contributed by atoms with E-state index in [4.69, 9.17) is 4.74 Å². The monoisotopic (exact) mass is 245 g/mol. The summed E-state index contributed by atoms with van der Waals surface area (Å²) in [5.41, 5.74) is 2.76. The standard InChI is InChI=1S/C16H23NO/c1-2-12-3-5-13(6-4-12)16-14(9-10-18-16)11-17-15-7-8-15/h3-6,14-17H,2,7-11H2,1H3. The van der Waals surface area contributed by atoms with Crippen LogP contribution in [0.1, 0.15) is 43.4 Å². The average molecular weight is 245 g/mol. The molecule has 1 saturated heterocycles. The summed E-state index contributed by atoms with van der Waals surface area (Å²) in [5.74, 6) is 0.651. The van der Waals surface area contributed by atoms with E-state index in [1.807, 2.05) is 0 Å². The lowest BCUT2D eigenvalue weighted by Gasteiger charge is -2.19. The Morgan fingerprint density at radius 1 is 1.17 bits per heavy atom. The SMILES string of the molecule is CCc1ccc(C2OCCC2CNC2CC2)cc1. The van der Waals surface area contributed by atoms with E-state index < -0.39 is 0 Å². The van der Waals surface area contributed by atoms with Crippen molar-refractivity contribution in [3.8, 4) is 0 Å². The van der Waals surface area contributed by atoms with Crippen LogP contribution in [0.15, 0.2) is 24.3 Å². The van der Waals surface area contributed by atoms with Gasteiger partial charge < -0.3 is 10.1 Å². The number of aryl methyl sites for hydroxylation is 1. The molecule has 1 aliphatic heterocycles. The summed E-state index contributed by atoms with van der Waals surface area (Å²) in [7, 11) is 0. The second-order valence-corrected chi connectivity index (χ2v) is 5.62. The maximum atomic E-state index is 5.94. The minimum atomic E-state index is 0.308. The van der Waals surface area contributed by atoms with Crippen LogP contribution in [0.3, 0.4) is 0 Å². The molecule has 0 aromatic heterocycles. The van der Waals surface area contributed by atoms with Crippen molar-refractivity contribution in [1.82, 2.24) is 5.32 Å². The highest BCUT2D eigenvalue weighted by Gasteiger charge is 2.31. The highest BCUT2D eigenvalue weighted by atomic mass is 16.5. The Bertz CT molecular complexity index is 383. The number of ether oxygens (including phenoxy) is 1. The zero-order valence-electron chi connectivity index (χ0n) is 11.2. The Kier molecular flexibility index (Phi) is 3.67. The number of benzene rings is 1. The Labute approximate surface area is 110 Å². The van der Waals surface area contributed by atoms with Crippen LogP contribution >= 0.6 is 0 Å². The van der Waals surface area contributed by atoms with Crippen LogP contribution in [0.4, 0.5) is 0 Å². The summed E-state index contributed by atoms with van der Waals surface area (Å²) in [5, 5.41) is 3.64. The van der Waals surface area contributed by atoms with Gasteiger partial charge in [-0.25, -0.2) is 0 Å². The van der Waals surface area contributed by atoms with Crippen molar-refractivity contribution in [2.45, 2.75) is 44.8 Å². The molecule has 2 fully saturated rings. The molecule has 1 aliphatic carbocycles. The largest absolute Gasteiger partial charge is 0.373 e. The second kappa shape index (κ2) is 5.41. The van der Waals surface area contributed by atoms with E-state index in [2.05, 4.69) is 36.5 Å². The zero-order chi connectivity index (χ0) is 12.4. The van der Waals surface area contributed by atoms with Gasteiger partial charge in [0, 0.05) is 25.1 Å². The van der Waals surface area contributed by atoms with Gasteiger partial charge in [0.15, 0.2) is 0 Å². The molecule has 0 radical (unpaired) electrons. The second-order valence-electron chi connectivity index (χ2n) is 5.62. The van der Waals surface area contributed by atoms with Crippen molar-refractivity contribution < 1.29 is 4.74 Å². The smallest absolute Gasteiger partial charge is 0.0866 e. The number of hydrogen-bond acceptors (Lipinski definition) is 2. The Morgan fingerprint density at radius 3 is 2.61 bits per heavy atom. The molecule has 0 spiro atoms. The first-order valence-electron chi connectivity index (χ1n) is 7.30. The van der Waals surface area contributed by atoms with E-state index >= 15 is 0 Å². The highest BCUT2D eigenvalue weighted by Crippen LogP contribution is 2.34. The molecule has 2 nitrogen and oxygen atoms in total. The molecule has 1 heterocycles. The Hall–Kier alpha value is -0.860. The van der Waals surface area contributed by atoms with Crippen LogP contribution in [0.2, 0.25) is 0 Å². The van der Waals surface area contributed by atoms with E-state index in [0.29, 0.717) is 12.0 Å². The normalized spacial score (nSPS) is 27.6. The quantitative estimate of drug-likeness (QED) is 0.860. The summed E-state index contributed by atoms with van der Waals surface area (Å²) in [6.07, 6.45) is 5.34. The van der Waals surface area contributed by atoms with E-state index in [1.165, 1.54) is 30.4 Å². The molecule has 0 amide bonds. The predicted molar refractivity (Wildman–Crippen MR) is 73.6 cm³/mol. The third-order valence-corrected chi connectivity index (χ3v) is 4.18. The first-order valence-corrected chi connectivity index (χ1v) is 7.30. The van der Waals surface area contributed by atoms with Crippen LogP contribution in [0.5, 0.6) is 0 Å². The van der Waals surface area contributed by atoms with Gasteiger partial charge in [0.25, 0.3) is 0 Å². The molecule has 0 bridgehead atoms. The Balaban J connectivity index is 1.64. The van der Waals surface area contributed by atoms with E-state index in [1.54, 1.807) is 0 Å². The maximum Gasteiger partial charge on any atom is 0.0866 e. The molecule has 1 N–H and O–H groups in total. The van der Waals surface area contributed by atoms with Crippen molar-refractivity contribution >= 4 is 0 Å². The molecular weight excluding hydrogens is 222 g/mol. The van der Waals surface area contributed by atoms with Crippen LogP contribution in [-0.4, -0.2) is 19.2 Å². The molecule has 2 unspecified atom stereocenters. The molecule has 98 valence electrons. The molecule has 2 aliphatic rings. The first-order chi connectivity index (χ1) is 8.86. The van der Waals surface area contributed by atoms with Crippen LogP contribution in [0.25, 0.3) is 0 Å². The lowest BCUT2D eigenvalue weighted by molar-refractivity contribution is 0.0904. The van der Waals surface area contributed by atoms with Gasteiger partial charge in [-0.1, -0.05) is 31.2 Å². The molecule has 3 rings (SSSR count). The lowest BCUT2D eigenvalue weighted by Crippen LogP contribution is -2.26. The summed E-state index contributed by atoms with van der Waals surface area (Å²) in [6.45, 7) is 4.23. The summed E-state index contributed by atoms with van der Waals surface area (Å²) >= 11 is 0.